The molecule has 1 heterocycles. The minimum atomic E-state index is -0.110. The van der Waals surface area contributed by atoms with Gasteiger partial charge in [-0.1, -0.05) is 22.9 Å². The Balaban J connectivity index is 1.98. The van der Waals surface area contributed by atoms with Gasteiger partial charge in [-0.05, 0) is 18.2 Å². The Hall–Kier alpha value is -0.850. The SMILES string of the molecule is CC(CNC(=O)c1ccc(Br)cc1S)c1nccs1. The number of aromatic nitrogens is 1. The van der Waals surface area contributed by atoms with E-state index in [9.17, 15) is 4.79 Å². The van der Waals surface area contributed by atoms with Gasteiger partial charge in [0, 0.05) is 33.4 Å². The molecule has 2 rings (SSSR count). The second-order valence-corrected chi connectivity index (χ2v) is 6.47. The third kappa shape index (κ3) is 3.81. The summed E-state index contributed by atoms with van der Waals surface area (Å²) in [5.41, 5.74) is 0.581. The molecule has 0 bridgehead atoms. The van der Waals surface area contributed by atoms with Crippen molar-refractivity contribution in [1.29, 1.82) is 0 Å². The third-order valence-electron chi connectivity index (χ3n) is 2.65. The van der Waals surface area contributed by atoms with Crippen molar-refractivity contribution in [1.82, 2.24) is 10.3 Å². The van der Waals surface area contributed by atoms with Crippen LogP contribution in [0.3, 0.4) is 0 Å². The van der Waals surface area contributed by atoms with Crippen molar-refractivity contribution in [3.8, 4) is 0 Å². The lowest BCUT2D eigenvalue weighted by Crippen LogP contribution is -2.27. The molecule has 0 radical (unpaired) electrons. The standard InChI is InChI=1S/C13H13BrN2OS2/c1-8(13-15-4-5-19-13)7-16-12(17)10-3-2-9(14)6-11(10)18/h2-6,8,18H,7H2,1H3,(H,16,17). The van der Waals surface area contributed by atoms with E-state index in [4.69, 9.17) is 0 Å². The first-order valence-electron chi connectivity index (χ1n) is 5.74. The van der Waals surface area contributed by atoms with Gasteiger partial charge < -0.3 is 5.32 Å². The number of hydrogen-bond donors (Lipinski definition) is 2. The van der Waals surface area contributed by atoms with Crippen LogP contribution in [0.2, 0.25) is 0 Å². The molecule has 1 atom stereocenters. The number of rotatable bonds is 4. The van der Waals surface area contributed by atoms with Gasteiger partial charge >= 0.3 is 0 Å². The number of carbonyl (C=O) groups excluding carboxylic acids is 1. The molecule has 2 aromatic rings. The monoisotopic (exact) mass is 356 g/mol. The molecule has 0 aliphatic heterocycles. The topological polar surface area (TPSA) is 42.0 Å². The van der Waals surface area contributed by atoms with Crippen LogP contribution < -0.4 is 5.32 Å². The quantitative estimate of drug-likeness (QED) is 0.819. The first kappa shape index (κ1) is 14.6. The summed E-state index contributed by atoms with van der Waals surface area (Å²) in [4.78, 5) is 17.0. The molecular weight excluding hydrogens is 344 g/mol. The van der Waals surface area contributed by atoms with Gasteiger partial charge in [-0.25, -0.2) is 4.98 Å². The minimum Gasteiger partial charge on any atom is -0.351 e. The van der Waals surface area contributed by atoms with Crippen LogP contribution in [0, 0.1) is 0 Å². The molecule has 1 unspecified atom stereocenters. The van der Waals surface area contributed by atoms with E-state index < -0.39 is 0 Å². The summed E-state index contributed by atoms with van der Waals surface area (Å²) < 4.78 is 0.908. The molecule has 1 N–H and O–H groups in total. The fourth-order valence-electron chi connectivity index (χ4n) is 1.60. The molecule has 0 fully saturated rings. The van der Waals surface area contributed by atoms with Gasteiger partial charge in [0.15, 0.2) is 0 Å². The van der Waals surface area contributed by atoms with Crippen molar-refractivity contribution >= 4 is 45.8 Å². The maximum atomic E-state index is 12.1. The highest BCUT2D eigenvalue weighted by Gasteiger charge is 2.13. The van der Waals surface area contributed by atoms with Crippen LogP contribution in [0.15, 0.2) is 39.1 Å². The molecular formula is C13H13BrN2OS2. The fraction of sp³-hybridized carbons (Fsp3) is 0.231. The van der Waals surface area contributed by atoms with E-state index in [2.05, 4.69) is 38.9 Å². The molecule has 1 aromatic carbocycles. The second-order valence-electron chi connectivity index (χ2n) is 4.14. The maximum Gasteiger partial charge on any atom is 0.252 e. The highest BCUT2D eigenvalue weighted by molar-refractivity contribution is 9.10. The fourth-order valence-corrected chi connectivity index (χ4v) is 3.15. The highest BCUT2D eigenvalue weighted by Crippen LogP contribution is 2.20. The summed E-state index contributed by atoms with van der Waals surface area (Å²) in [6, 6.07) is 5.40. The largest absolute Gasteiger partial charge is 0.351 e. The molecule has 0 aliphatic rings. The zero-order chi connectivity index (χ0) is 13.8. The van der Waals surface area contributed by atoms with E-state index in [1.807, 2.05) is 24.4 Å². The molecule has 6 heteroatoms. The van der Waals surface area contributed by atoms with Crippen molar-refractivity contribution < 1.29 is 4.79 Å². The molecule has 0 saturated carbocycles. The van der Waals surface area contributed by atoms with Crippen molar-refractivity contribution in [3.05, 3.63) is 44.8 Å². The molecule has 0 spiro atoms. The predicted octanol–water partition coefficient (Wildman–Crippen LogP) is 3.73. The number of benzene rings is 1. The minimum absolute atomic E-state index is 0.110. The number of amides is 1. The summed E-state index contributed by atoms with van der Waals surface area (Å²) >= 11 is 9.26. The van der Waals surface area contributed by atoms with Gasteiger partial charge in [0.2, 0.25) is 0 Å². The highest BCUT2D eigenvalue weighted by atomic mass is 79.9. The van der Waals surface area contributed by atoms with Gasteiger partial charge in [0.1, 0.15) is 0 Å². The Morgan fingerprint density at radius 1 is 1.58 bits per heavy atom. The lowest BCUT2D eigenvalue weighted by Gasteiger charge is -2.11. The number of thiol groups is 1. The number of carbonyl (C=O) groups is 1. The summed E-state index contributed by atoms with van der Waals surface area (Å²) in [5.74, 6) is 0.101. The molecule has 100 valence electrons. The first-order valence-corrected chi connectivity index (χ1v) is 7.86. The molecule has 0 aliphatic carbocycles. The van der Waals surface area contributed by atoms with Crippen LogP contribution in [-0.4, -0.2) is 17.4 Å². The average Bonchev–Trinajstić information content (AvgIpc) is 2.89. The number of nitrogens with zero attached hydrogens (tertiary/aromatic N) is 1. The lowest BCUT2D eigenvalue weighted by atomic mass is 10.1. The van der Waals surface area contributed by atoms with Crippen LogP contribution in [-0.2, 0) is 0 Å². The van der Waals surface area contributed by atoms with Crippen molar-refractivity contribution in [2.24, 2.45) is 0 Å². The molecule has 0 saturated heterocycles. The first-order chi connectivity index (χ1) is 9.08. The zero-order valence-corrected chi connectivity index (χ0v) is 13.6. The van der Waals surface area contributed by atoms with Crippen LogP contribution in [0.25, 0.3) is 0 Å². The Labute approximate surface area is 130 Å². The zero-order valence-electron chi connectivity index (χ0n) is 10.3. The predicted molar refractivity (Wildman–Crippen MR) is 84.3 cm³/mol. The van der Waals surface area contributed by atoms with E-state index >= 15 is 0 Å². The summed E-state index contributed by atoms with van der Waals surface area (Å²) in [6.45, 7) is 2.61. The Morgan fingerprint density at radius 2 is 2.37 bits per heavy atom. The normalized spacial score (nSPS) is 12.2. The number of halogens is 1. The van der Waals surface area contributed by atoms with Crippen molar-refractivity contribution in [3.63, 3.8) is 0 Å². The second kappa shape index (κ2) is 6.54. The van der Waals surface area contributed by atoms with Crippen molar-refractivity contribution in [2.75, 3.05) is 6.54 Å². The van der Waals surface area contributed by atoms with E-state index in [0.29, 0.717) is 17.0 Å². The van der Waals surface area contributed by atoms with Gasteiger partial charge in [-0.2, -0.15) is 0 Å². The molecule has 19 heavy (non-hydrogen) atoms. The molecule has 1 amide bonds. The molecule has 1 aromatic heterocycles. The van der Waals surface area contributed by atoms with Gasteiger partial charge in [-0.15, -0.1) is 24.0 Å². The van der Waals surface area contributed by atoms with E-state index in [1.165, 1.54) is 0 Å². The molecule has 3 nitrogen and oxygen atoms in total. The lowest BCUT2D eigenvalue weighted by molar-refractivity contribution is 0.0949. The Kier molecular flexibility index (Phi) is 5.01. The van der Waals surface area contributed by atoms with Crippen LogP contribution in [0.4, 0.5) is 0 Å². The van der Waals surface area contributed by atoms with E-state index in [1.54, 1.807) is 23.6 Å². The van der Waals surface area contributed by atoms with Gasteiger partial charge in [0.25, 0.3) is 5.91 Å². The Morgan fingerprint density at radius 3 is 3.00 bits per heavy atom. The number of thiazole rings is 1. The summed E-state index contributed by atoms with van der Waals surface area (Å²) in [7, 11) is 0. The van der Waals surface area contributed by atoms with Crippen LogP contribution in [0.5, 0.6) is 0 Å². The van der Waals surface area contributed by atoms with Crippen LogP contribution >= 0.6 is 39.9 Å². The summed E-state index contributed by atoms with van der Waals surface area (Å²) in [6.07, 6.45) is 1.78. The maximum absolute atomic E-state index is 12.1. The smallest absolute Gasteiger partial charge is 0.252 e. The van der Waals surface area contributed by atoms with E-state index in [0.717, 1.165) is 9.48 Å². The number of hydrogen-bond acceptors (Lipinski definition) is 4. The van der Waals surface area contributed by atoms with Crippen LogP contribution in [0.1, 0.15) is 28.2 Å². The Bertz CT molecular complexity index is 572. The van der Waals surface area contributed by atoms with E-state index in [-0.39, 0.29) is 11.8 Å². The van der Waals surface area contributed by atoms with Gasteiger partial charge in [-0.3, -0.25) is 4.79 Å². The average molecular weight is 357 g/mol. The summed E-state index contributed by atoms with van der Waals surface area (Å²) in [5, 5.41) is 5.88. The number of nitrogens with one attached hydrogen (secondary N) is 1. The van der Waals surface area contributed by atoms with Crippen molar-refractivity contribution in [2.45, 2.75) is 17.7 Å². The third-order valence-corrected chi connectivity index (χ3v) is 4.52. The van der Waals surface area contributed by atoms with Gasteiger partial charge in [0.05, 0.1) is 10.6 Å².